The highest BCUT2D eigenvalue weighted by atomic mass is 127. The van der Waals surface area contributed by atoms with E-state index >= 15 is 0 Å². The summed E-state index contributed by atoms with van der Waals surface area (Å²) in [5.74, 6) is 2.46. The van der Waals surface area contributed by atoms with Gasteiger partial charge in [-0.2, -0.15) is 0 Å². The molecule has 0 spiro atoms. The molecule has 150 valence electrons. The third-order valence-electron chi connectivity index (χ3n) is 4.44. The van der Waals surface area contributed by atoms with E-state index in [1.165, 1.54) is 0 Å². The lowest BCUT2D eigenvalue weighted by molar-refractivity contribution is -0.129. The molecule has 1 fully saturated rings. The molecule has 0 aliphatic carbocycles. The largest absolute Gasteiger partial charge is 0.454 e. The number of nitrogens with one attached hydrogen (secondary N) is 2. The Kier molecular flexibility index (Phi) is 8.46. The summed E-state index contributed by atoms with van der Waals surface area (Å²) < 4.78 is 11.7. The molecule has 2 aliphatic rings. The van der Waals surface area contributed by atoms with E-state index in [-0.39, 0.29) is 42.7 Å². The van der Waals surface area contributed by atoms with E-state index in [2.05, 4.69) is 31.6 Å². The molecule has 1 amide bonds. The number of benzene rings is 1. The Bertz CT molecular complexity index is 701. The van der Waals surface area contributed by atoms with Crippen molar-refractivity contribution in [2.24, 2.45) is 4.99 Å². The van der Waals surface area contributed by atoms with Crippen molar-refractivity contribution in [1.29, 1.82) is 0 Å². The predicted molar refractivity (Wildman–Crippen MR) is 119 cm³/mol. The fraction of sp³-hybridized carbons (Fsp3) is 0.556. The number of aliphatic imine (C=N–C) groups is 1. The minimum Gasteiger partial charge on any atom is -0.454 e. The van der Waals surface area contributed by atoms with Gasteiger partial charge in [0.05, 0.1) is 11.0 Å². The molecular weight excluding hydrogens is 527 g/mol. The Labute approximate surface area is 185 Å². The van der Waals surface area contributed by atoms with Gasteiger partial charge in [-0.15, -0.1) is 24.0 Å². The highest BCUT2D eigenvalue weighted by molar-refractivity contribution is 14.0. The SMILES string of the molecule is CCNC(=NCc1cc(Br)c2c(c1)OCO2)NC1CCN(C(=O)CC)C1.I. The van der Waals surface area contributed by atoms with Gasteiger partial charge in [-0.05, 0) is 47.0 Å². The zero-order chi connectivity index (χ0) is 18.5. The Morgan fingerprint density at radius 2 is 2.19 bits per heavy atom. The molecular formula is C18H26BrIN4O3. The van der Waals surface area contributed by atoms with Crippen LogP contribution in [0.1, 0.15) is 32.3 Å². The number of carbonyl (C=O) groups excluding carboxylic acids is 1. The van der Waals surface area contributed by atoms with Gasteiger partial charge in [0, 0.05) is 32.1 Å². The van der Waals surface area contributed by atoms with Gasteiger partial charge in [-0.25, -0.2) is 4.99 Å². The molecule has 1 atom stereocenters. The number of nitrogens with zero attached hydrogens (tertiary/aromatic N) is 2. The van der Waals surface area contributed by atoms with Crippen molar-refractivity contribution in [2.75, 3.05) is 26.4 Å². The molecule has 0 bridgehead atoms. The monoisotopic (exact) mass is 552 g/mol. The van der Waals surface area contributed by atoms with Crippen molar-refractivity contribution in [3.63, 3.8) is 0 Å². The topological polar surface area (TPSA) is 75.2 Å². The normalized spacial score (nSPS) is 18.3. The summed E-state index contributed by atoms with van der Waals surface area (Å²) in [6, 6.07) is 4.18. The van der Waals surface area contributed by atoms with Crippen LogP contribution in [0.3, 0.4) is 0 Å². The fourth-order valence-corrected chi connectivity index (χ4v) is 3.73. The number of hydrogen-bond donors (Lipinski definition) is 2. The highest BCUT2D eigenvalue weighted by Gasteiger charge is 2.25. The summed E-state index contributed by atoms with van der Waals surface area (Å²) >= 11 is 3.51. The molecule has 3 rings (SSSR count). The molecule has 0 radical (unpaired) electrons. The van der Waals surface area contributed by atoms with Crippen LogP contribution in [0.15, 0.2) is 21.6 Å². The van der Waals surface area contributed by atoms with Gasteiger partial charge in [-0.3, -0.25) is 4.79 Å². The molecule has 1 saturated heterocycles. The van der Waals surface area contributed by atoms with Crippen LogP contribution in [0.4, 0.5) is 0 Å². The second-order valence-corrected chi connectivity index (χ2v) is 7.18. The first kappa shape index (κ1) is 22.1. The third-order valence-corrected chi connectivity index (χ3v) is 5.02. The molecule has 0 aromatic heterocycles. The van der Waals surface area contributed by atoms with Crippen molar-refractivity contribution in [3.05, 3.63) is 22.2 Å². The van der Waals surface area contributed by atoms with Crippen LogP contribution < -0.4 is 20.1 Å². The molecule has 7 nitrogen and oxygen atoms in total. The van der Waals surface area contributed by atoms with Crippen LogP contribution in [0, 0.1) is 0 Å². The molecule has 2 N–H and O–H groups in total. The number of hydrogen-bond acceptors (Lipinski definition) is 4. The van der Waals surface area contributed by atoms with Gasteiger partial charge in [0.25, 0.3) is 0 Å². The van der Waals surface area contributed by atoms with Crippen LogP contribution in [0.25, 0.3) is 0 Å². The average molecular weight is 553 g/mol. The number of fused-ring (bicyclic) bond motifs is 1. The zero-order valence-corrected chi connectivity index (χ0v) is 19.5. The Morgan fingerprint density at radius 1 is 1.37 bits per heavy atom. The lowest BCUT2D eigenvalue weighted by Crippen LogP contribution is -2.45. The van der Waals surface area contributed by atoms with Crippen molar-refractivity contribution >= 4 is 51.8 Å². The molecule has 1 aromatic rings. The number of halogens is 2. The van der Waals surface area contributed by atoms with Crippen molar-refractivity contribution in [2.45, 2.75) is 39.3 Å². The summed E-state index contributed by atoms with van der Waals surface area (Å²) in [6.45, 7) is 7.02. The van der Waals surface area contributed by atoms with Gasteiger partial charge in [-0.1, -0.05) is 6.92 Å². The summed E-state index contributed by atoms with van der Waals surface area (Å²) in [4.78, 5) is 18.4. The second-order valence-electron chi connectivity index (χ2n) is 6.33. The van der Waals surface area contributed by atoms with E-state index in [1.54, 1.807) is 0 Å². The molecule has 27 heavy (non-hydrogen) atoms. The Hall–Kier alpha value is -1.23. The van der Waals surface area contributed by atoms with E-state index in [1.807, 2.05) is 30.9 Å². The smallest absolute Gasteiger partial charge is 0.231 e. The standard InChI is InChI=1S/C18H25BrN4O3.HI/c1-3-16(24)23-6-5-13(10-23)22-18(20-4-2)21-9-12-7-14(19)17-15(8-12)25-11-26-17;/h7-8,13H,3-6,9-11H2,1-2H3,(H2,20,21,22);1H. The molecule has 0 saturated carbocycles. The van der Waals surface area contributed by atoms with Gasteiger partial charge in [0.2, 0.25) is 12.7 Å². The summed E-state index contributed by atoms with van der Waals surface area (Å²) in [5.41, 5.74) is 1.03. The quantitative estimate of drug-likeness (QED) is 0.334. The second kappa shape index (κ2) is 10.4. The van der Waals surface area contributed by atoms with Crippen LogP contribution in [-0.2, 0) is 11.3 Å². The van der Waals surface area contributed by atoms with Gasteiger partial charge in [0.1, 0.15) is 0 Å². The number of amides is 1. The number of likely N-dealkylation sites (tertiary alicyclic amines) is 1. The average Bonchev–Trinajstić information content (AvgIpc) is 3.28. The first-order valence-corrected chi connectivity index (χ1v) is 9.80. The maximum absolute atomic E-state index is 11.8. The molecule has 1 aromatic carbocycles. The summed E-state index contributed by atoms with van der Waals surface area (Å²) in [7, 11) is 0. The van der Waals surface area contributed by atoms with Crippen LogP contribution >= 0.6 is 39.9 Å². The van der Waals surface area contributed by atoms with Crippen LogP contribution in [0.2, 0.25) is 0 Å². The summed E-state index contributed by atoms with van der Waals surface area (Å²) in [6.07, 6.45) is 1.49. The van der Waals surface area contributed by atoms with Gasteiger partial charge < -0.3 is 25.0 Å². The van der Waals surface area contributed by atoms with Crippen LogP contribution in [0.5, 0.6) is 11.5 Å². The van der Waals surface area contributed by atoms with E-state index in [4.69, 9.17) is 9.47 Å². The number of ether oxygens (including phenoxy) is 2. The minimum absolute atomic E-state index is 0. The molecule has 2 heterocycles. The molecule has 9 heteroatoms. The van der Waals surface area contributed by atoms with Crippen molar-refractivity contribution in [1.82, 2.24) is 15.5 Å². The van der Waals surface area contributed by atoms with E-state index in [9.17, 15) is 4.79 Å². The first-order valence-electron chi connectivity index (χ1n) is 9.01. The lowest BCUT2D eigenvalue weighted by Gasteiger charge is -2.18. The molecule has 1 unspecified atom stereocenters. The summed E-state index contributed by atoms with van der Waals surface area (Å²) in [5, 5.41) is 6.71. The predicted octanol–water partition coefficient (Wildman–Crippen LogP) is 2.86. The highest BCUT2D eigenvalue weighted by Crippen LogP contribution is 2.40. The zero-order valence-electron chi connectivity index (χ0n) is 15.6. The number of rotatable bonds is 5. The number of guanidine groups is 1. The number of carbonyl (C=O) groups is 1. The minimum atomic E-state index is 0. The Morgan fingerprint density at radius 3 is 2.93 bits per heavy atom. The van der Waals surface area contributed by atoms with E-state index < -0.39 is 0 Å². The van der Waals surface area contributed by atoms with Crippen molar-refractivity contribution < 1.29 is 14.3 Å². The van der Waals surface area contributed by atoms with E-state index in [0.29, 0.717) is 13.0 Å². The first-order chi connectivity index (χ1) is 12.6. The lowest BCUT2D eigenvalue weighted by atomic mass is 10.2. The van der Waals surface area contributed by atoms with E-state index in [0.717, 1.165) is 53.5 Å². The van der Waals surface area contributed by atoms with Gasteiger partial charge >= 0.3 is 0 Å². The van der Waals surface area contributed by atoms with Crippen molar-refractivity contribution in [3.8, 4) is 11.5 Å². The Balaban J connectivity index is 0.00000261. The maximum Gasteiger partial charge on any atom is 0.231 e. The molecule has 2 aliphatic heterocycles. The van der Waals surface area contributed by atoms with Crippen LogP contribution in [-0.4, -0.2) is 49.2 Å². The third kappa shape index (κ3) is 5.63. The maximum atomic E-state index is 11.8. The fourth-order valence-electron chi connectivity index (χ4n) is 3.12. The van der Waals surface area contributed by atoms with Gasteiger partial charge in [0.15, 0.2) is 17.5 Å².